The maximum atomic E-state index is 11.6. The zero-order valence-electron chi connectivity index (χ0n) is 13.9. The molecule has 1 aliphatic heterocycles. The molecule has 2 fully saturated rings. The maximum Gasteiger partial charge on any atom is 0.101 e. The molecule has 23 heavy (non-hydrogen) atoms. The van der Waals surface area contributed by atoms with E-state index < -0.39 is 5.60 Å². The van der Waals surface area contributed by atoms with Crippen LogP contribution in [-0.4, -0.2) is 38.0 Å². The average Bonchev–Trinajstić information content (AvgIpc) is 2.62. The van der Waals surface area contributed by atoms with Crippen molar-refractivity contribution in [3.05, 3.63) is 34.9 Å². The molecule has 0 bridgehead atoms. The summed E-state index contributed by atoms with van der Waals surface area (Å²) in [5.74, 6) is 0.373. The standard InChI is InChI=1S/C19H28ClNO2/c20-18-8-6-17(7-9-18)19(22,16-4-2-1-3-5-16)10-11-21-12-14-23-15-13-21/h6-9,16,22H,1-5,10-15H2/p+1/t19-/m0/s1. The minimum Gasteiger partial charge on any atom is -0.385 e. The third kappa shape index (κ3) is 4.27. The predicted molar refractivity (Wildman–Crippen MR) is 92.9 cm³/mol. The lowest BCUT2D eigenvalue weighted by atomic mass is 9.71. The second kappa shape index (κ2) is 7.98. The van der Waals surface area contributed by atoms with E-state index in [1.807, 2.05) is 24.3 Å². The molecule has 3 nitrogen and oxygen atoms in total. The molecule has 1 saturated carbocycles. The molecule has 1 atom stereocenters. The lowest BCUT2D eigenvalue weighted by Gasteiger charge is -2.40. The van der Waals surface area contributed by atoms with E-state index in [0.29, 0.717) is 5.92 Å². The first-order valence-corrected chi connectivity index (χ1v) is 9.46. The molecule has 3 rings (SSSR count). The Kier molecular flexibility index (Phi) is 5.97. The molecule has 1 heterocycles. The van der Waals surface area contributed by atoms with Gasteiger partial charge in [-0.25, -0.2) is 0 Å². The highest BCUT2D eigenvalue weighted by atomic mass is 35.5. The Labute approximate surface area is 144 Å². The molecule has 0 aromatic heterocycles. The van der Waals surface area contributed by atoms with Gasteiger partial charge in [-0.15, -0.1) is 0 Å². The predicted octanol–water partition coefficient (Wildman–Crippen LogP) is 2.41. The minimum atomic E-state index is -0.712. The summed E-state index contributed by atoms with van der Waals surface area (Å²) in [5.41, 5.74) is 0.331. The van der Waals surface area contributed by atoms with Crippen molar-refractivity contribution in [2.75, 3.05) is 32.8 Å². The molecule has 1 aromatic carbocycles. The van der Waals surface area contributed by atoms with Gasteiger partial charge in [0, 0.05) is 11.4 Å². The van der Waals surface area contributed by atoms with Crippen molar-refractivity contribution >= 4 is 11.6 Å². The fourth-order valence-electron chi connectivity index (χ4n) is 4.18. The summed E-state index contributed by atoms with van der Waals surface area (Å²) in [4.78, 5) is 1.56. The van der Waals surface area contributed by atoms with Crippen molar-refractivity contribution in [2.45, 2.75) is 44.1 Å². The Hall–Kier alpha value is -0.610. The molecule has 4 heteroatoms. The van der Waals surface area contributed by atoms with E-state index in [9.17, 15) is 5.11 Å². The van der Waals surface area contributed by atoms with Crippen molar-refractivity contribution in [3.63, 3.8) is 0 Å². The lowest BCUT2D eigenvalue weighted by Crippen LogP contribution is -3.14. The number of ether oxygens (including phenoxy) is 1. The molecule has 2 aliphatic rings. The Morgan fingerprint density at radius 1 is 1.09 bits per heavy atom. The van der Waals surface area contributed by atoms with E-state index in [2.05, 4.69) is 0 Å². The van der Waals surface area contributed by atoms with Crippen molar-refractivity contribution in [2.24, 2.45) is 5.92 Å². The van der Waals surface area contributed by atoms with Crippen LogP contribution >= 0.6 is 11.6 Å². The number of morpholine rings is 1. The molecule has 1 aliphatic carbocycles. The summed E-state index contributed by atoms with van der Waals surface area (Å²) >= 11 is 6.05. The highest BCUT2D eigenvalue weighted by molar-refractivity contribution is 6.30. The van der Waals surface area contributed by atoms with E-state index in [4.69, 9.17) is 16.3 Å². The van der Waals surface area contributed by atoms with Crippen LogP contribution in [0.15, 0.2) is 24.3 Å². The topological polar surface area (TPSA) is 33.9 Å². The first kappa shape index (κ1) is 17.2. The van der Waals surface area contributed by atoms with Gasteiger partial charge in [-0.05, 0) is 36.5 Å². The number of aliphatic hydroxyl groups is 1. The highest BCUT2D eigenvalue weighted by Gasteiger charge is 2.39. The molecule has 1 saturated heterocycles. The molecular formula is C19H29ClNO2+. The van der Waals surface area contributed by atoms with Gasteiger partial charge in [-0.1, -0.05) is 43.0 Å². The van der Waals surface area contributed by atoms with Gasteiger partial charge in [-0.2, -0.15) is 0 Å². The van der Waals surface area contributed by atoms with Crippen LogP contribution < -0.4 is 4.90 Å². The summed E-state index contributed by atoms with van der Waals surface area (Å²) in [6, 6.07) is 7.86. The van der Waals surface area contributed by atoms with Crippen LogP contribution in [0.5, 0.6) is 0 Å². The molecule has 128 valence electrons. The van der Waals surface area contributed by atoms with Gasteiger partial charge in [-0.3, -0.25) is 0 Å². The Morgan fingerprint density at radius 3 is 2.39 bits per heavy atom. The zero-order chi connectivity index (χ0) is 16.1. The Morgan fingerprint density at radius 2 is 1.74 bits per heavy atom. The normalized spacial score (nSPS) is 23.6. The van der Waals surface area contributed by atoms with Crippen LogP contribution in [-0.2, 0) is 10.3 Å². The lowest BCUT2D eigenvalue weighted by molar-refractivity contribution is -0.909. The van der Waals surface area contributed by atoms with Gasteiger partial charge in [0.1, 0.15) is 13.1 Å². The molecule has 1 aromatic rings. The number of hydrogen-bond donors (Lipinski definition) is 2. The van der Waals surface area contributed by atoms with E-state index in [-0.39, 0.29) is 0 Å². The van der Waals surface area contributed by atoms with Crippen molar-refractivity contribution in [1.29, 1.82) is 0 Å². The quantitative estimate of drug-likeness (QED) is 0.864. The van der Waals surface area contributed by atoms with E-state index >= 15 is 0 Å². The maximum absolute atomic E-state index is 11.6. The first-order chi connectivity index (χ1) is 11.2. The van der Waals surface area contributed by atoms with Crippen LogP contribution in [0.3, 0.4) is 0 Å². The smallest absolute Gasteiger partial charge is 0.101 e. The van der Waals surface area contributed by atoms with Gasteiger partial charge in [0.05, 0.1) is 25.4 Å². The SMILES string of the molecule is O[C@](CC[NH+]1CCOCC1)(c1ccc(Cl)cc1)C1CCCCC1. The van der Waals surface area contributed by atoms with Crippen LogP contribution in [0.4, 0.5) is 0 Å². The summed E-state index contributed by atoms with van der Waals surface area (Å²) in [6.45, 7) is 4.82. The van der Waals surface area contributed by atoms with Crippen LogP contribution in [0.25, 0.3) is 0 Å². The molecule has 0 amide bonds. The molecule has 0 unspecified atom stereocenters. The highest BCUT2D eigenvalue weighted by Crippen LogP contribution is 2.41. The number of nitrogens with one attached hydrogen (secondary N) is 1. The second-order valence-corrected chi connectivity index (χ2v) is 7.56. The number of rotatable bonds is 5. The van der Waals surface area contributed by atoms with E-state index in [1.165, 1.54) is 19.3 Å². The van der Waals surface area contributed by atoms with Crippen LogP contribution in [0.2, 0.25) is 5.02 Å². The van der Waals surface area contributed by atoms with Crippen molar-refractivity contribution < 1.29 is 14.7 Å². The Bertz CT molecular complexity index is 481. The van der Waals surface area contributed by atoms with Crippen LogP contribution in [0.1, 0.15) is 44.1 Å². The third-order valence-corrected chi connectivity index (χ3v) is 5.94. The van der Waals surface area contributed by atoms with Gasteiger partial charge >= 0.3 is 0 Å². The number of benzene rings is 1. The minimum absolute atomic E-state index is 0.373. The second-order valence-electron chi connectivity index (χ2n) is 7.13. The molecular weight excluding hydrogens is 310 g/mol. The van der Waals surface area contributed by atoms with Crippen molar-refractivity contribution in [3.8, 4) is 0 Å². The monoisotopic (exact) mass is 338 g/mol. The summed E-state index contributed by atoms with van der Waals surface area (Å²) in [5, 5.41) is 12.4. The van der Waals surface area contributed by atoms with Gasteiger partial charge < -0.3 is 14.7 Å². The average molecular weight is 339 g/mol. The van der Waals surface area contributed by atoms with E-state index in [1.54, 1.807) is 4.90 Å². The first-order valence-electron chi connectivity index (χ1n) is 9.08. The largest absolute Gasteiger partial charge is 0.385 e. The molecule has 0 radical (unpaired) electrons. The number of halogens is 1. The number of quaternary nitrogens is 1. The summed E-state index contributed by atoms with van der Waals surface area (Å²) in [7, 11) is 0. The Balaban J connectivity index is 1.75. The fourth-order valence-corrected chi connectivity index (χ4v) is 4.31. The van der Waals surface area contributed by atoms with E-state index in [0.717, 1.165) is 62.7 Å². The fraction of sp³-hybridized carbons (Fsp3) is 0.684. The summed E-state index contributed by atoms with van der Waals surface area (Å²) in [6.07, 6.45) is 6.89. The number of hydrogen-bond acceptors (Lipinski definition) is 2. The third-order valence-electron chi connectivity index (χ3n) is 5.68. The van der Waals surface area contributed by atoms with Gasteiger partial charge in [0.25, 0.3) is 0 Å². The molecule has 0 spiro atoms. The summed E-state index contributed by atoms with van der Waals surface area (Å²) < 4.78 is 5.45. The molecule has 2 N–H and O–H groups in total. The van der Waals surface area contributed by atoms with Crippen molar-refractivity contribution in [1.82, 2.24) is 0 Å². The van der Waals surface area contributed by atoms with Crippen LogP contribution in [0, 0.1) is 5.92 Å². The van der Waals surface area contributed by atoms with Gasteiger partial charge in [0.2, 0.25) is 0 Å². The van der Waals surface area contributed by atoms with Gasteiger partial charge in [0.15, 0.2) is 0 Å². The zero-order valence-corrected chi connectivity index (χ0v) is 14.7.